The summed E-state index contributed by atoms with van der Waals surface area (Å²) in [5, 5.41) is 1.25. The first-order chi connectivity index (χ1) is 10.4. The van der Waals surface area contributed by atoms with E-state index in [9.17, 15) is 0 Å². The highest BCUT2D eigenvalue weighted by Gasteiger charge is 2.12. The zero-order valence-electron chi connectivity index (χ0n) is 11.8. The van der Waals surface area contributed by atoms with E-state index in [1.807, 2.05) is 6.07 Å². The number of rotatable bonds is 2. The van der Waals surface area contributed by atoms with Crippen LogP contribution in [0.2, 0.25) is 0 Å². The number of ether oxygens (including phenoxy) is 1. The zero-order valence-corrected chi connectivity index (χ0v) is 11.8. The highest BCUT2D eigenvalue weighted by atomic mass is 16.5. The van der Waals surface area contributed by atoms with Crippen molar-refractivity contribution in [2.75, 3.05) is 31.2 Å². The first-order valence-corrected chi connectivity index (χ1v) is 7.33. The molecule has 3 heteroatoms. The molecule has 4 rings (SSSR count). The minimum Gasteiger partial charge on any atom is -0.378 e. The van der Waals surface area contributed by atoms with Gasteiger partial charge < -0.3 is 14.2 Å². The van der Waals surface area contributed by atoms with Gasteiger partial charge in [-0.1, -0.05) is 24.3 Å². The van der Waals surface area contributed by atoms with Crippen LogP contribution in [0.3, 0.4) is 0 Å². The van der Waals surface area contributed by atoms with E-state index in [1.165, 1.54) is 16.6 Å². The molecule has 1 saturated heterocycles. The SMILES string of the molecule is [c]1ccc(N2CCOCC2)cc1-n1ccc2ccccc21. The fourth-order valence-corrected chi connectivity index (χ4v) is 2.89. The van der Waals surface area contributed by atoms with E-state index in [0.717, 1.165) is 32.0 Å². The Bertz CT molecular complexity index is 757. The van der Waals surface area contributed by atoms with Gasteiger partial charge in [0, 0.05) is 31.0 Å². The third-order valence-corrected chi connectivity index (χ3v) is 4.01. The maximum atomic E-state index is 5.43. The number of hydrogen-bond donors (Lipinski definition) is 0. The van der Waals surface area contributed by atoms with Crippen LogP contribution in [-0.2, 0) is 4.74 Å². The maximum absolute atomic E-state index is 5.43. The van der Waals surface area contributed by atoms with E-state index in [-0.39, 0.29) is 0 Å². The van der Waals surface area contributed by atoms with Crippen molar-refractivity contribution in [2.45, 2.75) is 0 Å². The van der Waals surface area contributed by atoms with Gasteiger partial charge in [-0.3, -0.25) is 0 Å². The molecule has 1 aromatic heterocycles. The molecule has 105 valence electrons. The van der Waals surface area contributed by atoms with Crippen LogP contribution in [0.25, 0.3) is 16.6 Å². The van der Waals surface area contributed by atoms with E-state index >= 15 is 0 Å². The van der Waals surface area contributed by atoms with Gasteiger partial charge in [-0.15, -0.1) is 0 Å². The minimum atomic E-state index is 0.806. The van der Waals surface area contributed by atoms with Gasteiger partial charge in [-0.25, -0.2) is 0 Å². The summed E-state index contributed by atoms with van der Waals surface area (Å²) in [5.74, 6) is 0. The summed E-state index contributed by atoms with van der Waals surface area (Å²) in [6, 6.07) is 20.3. The topological polar surface area (TPSA) is 17.4 Å². The lowest BCUT2D eigenvalue weighted by Gasteiger charge is -2.29. The molecule has 0 aliphatic carbocycles. The Labute approximate surface area is 124 Å². The van der Waals surface area contributed by atoms with Crippen molar-refractivity contribution in [1.82, 2.24) is 4.57 Å². The lowest BCUT2D eigenvalue weighted by atomic mass is 10.2. The predicted molar refractivity (Wildman–Crippen MR) is 85.1 cm³/mol. The highest BCUT2D eigenvalue weighted by molar-refractivity contribution is 5.82. The Morgan fingerprint density at radius 3 is 2.76 bits per heavy atom. The number of nitrogens with zero attached hydrogens (tertiary/aromatic N) is 2. The van der Waals surface area contributed by atoms with E-state index in [1.54, 1.807) is 0 Å². The number of fused-ring (bicyclic) bond motifs is 1. The second kappa shape index (κ2) is 5.26. The van der Waals surface area contributed by atoms with Gasteiger partial charge in [0.15, 0.2) is 0 Å². The van der Waals surface area contributed by atoms with E-state index < -0.39 is 0 Å². The molecule has 0 N–H and O–H groups in total. The molecular formula is C18H17N2O. The number of anilines is 1. The van der Waals surface area contributed by atoms with Crippen LogP contribution in [0.15, 0.2) is 54.7 Å². The molecule has 3 aromatic rings. The van der Waals surface area contributed by atoms with Crippen LogP contribution in [0, 0.1) is 6.07 Å². The summed E-state index contributed by atoms with van der Waals surface area (Å²) in [7, 11) is 0. The van der Waals surface area contributed by atoms with Crippen molar-refractivity contribution in [3.63, 3.8) is 0 Å². The quantitative estimate of drug-likeness (QED) is 0.715. The van der Waals surface area contributed by atoms with E-state index in [4.69, 9.17) is 4.74 Å². The van der Waals surface area contributed by atoms with Crippen LogP contribution in [0.4, 0.5) is 5.69 Å². The van der Waals surface area contributed by atoms with Gasteiger partial charge >= 0.3 is 0 Å². The summed E-state index contributed by atoms with van der Waals surface area (Å²) in [6.07, 6.45) is 2.11. The third-order valence-electron chi connectivity index (χ3n) is 4.01. The van der Waals surface area contributed by atoms with Crippen molar-refractivity contribution < 1.29 is 4.74 Å². The Morgan fingerprint density at radius 1 is 1.00 bits per heavy atom. The first kappa shape index (κ1) is 12.5. The minimum absolute atomic E-state index is 0.806. The van der Waals surface area contributed by atoms with Crippen molar-refractivity contribution in [3.05, 3.63) is 60.8 Å². The van der Waals surface area contributed by atoms with Gasteiger partial charge in [0.2, 0.25) is 0 Å². The molecule has 0 amide bonds. The van der Waals surface area contributed by atoms with Crippen molar-refractivity contribution >= 4 is 16.6 Å². The van der Waals surface area contributed by atoms with Crippen molar-refractivity contribution in [2.24, 2.45) is 0 Å². The molecule has 0 spiro atoms. The molecule has 0 unspecified atom stereocenters. The van der Waals surface area contributed by atoms with Crippen molar-refractivity contribution in [1.29, 1.82) is 0 Å². The van der Waals surface area contributed by atoms with Crippen LogP contribution in [0.1, 0.15) is 0 Å². The number of hydrogen-bond acceptors (Lipinski definition) is 2. The summed E-state index contributed by atoms with van der Waals surface area (Å²) in [6.45, 7) is 3.52. The largest absolute Gasteiger partial charge is 0.378 e. The number of para-hydroxylation sites is 1. The van der Waals surface area contributed by atoms with Gasteiger partial charge in [-0.2, -0.15) is 0 Å². The van der Waals surface area contributed by atoms with Crippen LogP contribution < -0.4 is 4.90 Å². The molecule has 0 saturated carbocycles. The summed E-state index contributed by atoms with van der Waals surface area (Å²) >= 11 is 0. The number of benzene rings is 2. The smallest absolute Gasteiger partial charge is 0.0642 e. The molecule has 2 heterocycles. The fourth-order valence-electron chi connectivity index (χ4n) is 2.89. The molecule has 2 aromatic carbocycles. The Kier molecular flexibility index (Phi) is 3.13. The van der Waals surface area contributed by atoms with E-state index in [0.29, 0.717) is 0 Å². The average Bonchev–Trinajstić information content (AvgIpc) is 3.00. The molecule has 1 radical (unpaired) electrons. The van der Waals surface area contributed by atoms with Crippen LogP contribution >= 0.6 is 0 Å². The van der Waals surface area contributed by atoms with E-state index in [2.05, 4.69) is 64.2 Å². The molecule has 1 aliphatic rings. The van der Waals surface area contributed by atoms with Crippen LogP contribution in [0.5, 0.6) is 0 Å². The number of morpholine rings is 1. The zero-order chi connectivity index (χ0) is 14.1. The van der Waals surface area contributed by atoms with Gasteiger partial charge in [0.05, 0.1) is 24.4 Å². The average molecular weight is 277 g/mol. The lowest BCUT2D eigenvalue weighted by molar-refractivity contribution is 0.122. The normalized spacial score (nSPS) is 15.5. The standard InChI is InChI=1S/C18H17N2O/c1-2-7-18-15(4-1)8-9-20(18)17-6-3-5-16(14-17)19-10-12-21-13-11-19/h1-5,7-9,14H,10-13H2. The molecule has 1 aliphatic heterocycles. The Hall–Kier alpha value is -2.26. The molecular weight excluding hydrogens is 260 g/mol. The summed E-state index contributed by atoms with van der Waals surface area (Å²) < 4.78 is 7.62. The van der Waals surface area contributed by atoms with Crippen LogP contribution in [-0.4, -0.2) is 30.9 Å². The van der Waals surface area contributed by atoms with Crippen molar-refractivity contribution in [3.8, 4) is 5.69 Å². The molecule has 0 atom stereocenters. The third kappa shape index (κ3) is 2.30. The predicted octanol–water partition coefficient (Wildman–Crippen LogP) is 3.27. The van der Waals surface area contributed by atoms with Gasteiger partial charge in [0.25, 0.3) is 0 Å². The second-order valence-corrected chi connectivity index (χ2v) is 5.28. The fraction of sp³-hybridized carbons (Fsp3) is 0.222. The Morgan fingerprint density at radius 2 is 1.86 bits per heavy atom. The molecule has 21 heavy (non-hydrogen) atoms. The monoisotopic (exact) mass is 277 g/mol. The highest BCUT2D eigenvalue weighted by Crippen LogP contribution is 2.24. The lowest BCUT2D eigenvalue weighted by Crippen LogP contribution is -2.36. The molecule has 0 bridgehead atoms. The second-order valence-electron chi connectivity index (χ2n) is 5.28. The van der Waals surface area contributed by atoms with Gasteiger partial charge in [-0.05, 0) is 29.7 Å². The van der Waals surface area contributed by atoms with Gasteiger partial charge in [0.1, 0.15) is 0 Å². The summed E-state index contributed by atoms with van der Waals surface area (Å²) in [5.41, 5.74) is 3.54. The first-order valence-electron chi connectivity index (χ1n) is 7.33. The Balaban J connectivity index is 1.75. The molecule has 3 nitrogen and oxygen atoms in total. The maximum Gasteiger partial charge on any atom is 0.0642 e. The number of aromatic nitrogens is 1. The molecule has 1 fully saturated rings. The summed E-state index contributed by atoms with van der Waals surface area (Å²) in [4.78, 5) is 2.37.